The van der Waals surface area contributed by atoms with Crippen LogP contribution in [0.4, 0.5) is 11.8 Å². The number of hydrogen-bond donors (Lipinski definition) is 2. The summed E-state index contributed by atoms with van der Waals surface area (Å²) in [5.74, 6) is 0.743. The Morgan fingerprint density at radius 1 is 0.972 bits per heavy atom. The summed E-state index contributed by atoms with van der Waals surface area (Å²) in [5.41, 5.74) is 0.352. The minimum absolute atomic E-state index is 0.0758. The van der Waals surface area contributed by atoms with E-state index in [1.54, 1.807) is 59.9 Å². The minimum atomic E-state index is -0.683. The number of nitrogens with one attached hydrogen (secondary N) is 2. The van der Waals surface area contributed by atoms with E-state index in [0.717, 1.165) is 5.56 Å². The Hall–Kier alpha value is -3.95. The Morgan fingerprint density at radius 3 is 2.17 bits per heavy atom. The van der Waals surface area contributed by atoms with E-state index in [1.807, 2.05) is 0 Å². The monoisotopic (exact) mass is 496 g/mol. The number of amides is 2. The van der Waals surface area contributed by atoms with Gasteiger partial charge in [-0.2, -0.15) is 4.98 Å². The maximum Gasteiger partial charge on any atom is 0.232 e. The number of ether oxygens (including phenoxy) is 2. The molecule has 0 saturated carbocycles. The van der Waals surface area contributed by atoms with Gasteiger partial charge in [-0.25, -0.2) is 4.98 Å². The van der Waals surface area contributed by atoms with E-state index in [4.69, 9.17) is 13.9 Å². The molecule has 3 rings (SSSR count). The van der Waals surface area contributed by atoms with E-state index < -0.39 is 10.8 Å². The predicted molar refractivity (Wildman–Crippen MR) is 136 cm³/mol. The van der Waals surface area contributed by atoms with Gasteiger partial charge in [-0.15, -0.1) is 0 Å². The van der Waals surface area contributed by atoms with Crippen LogP contribution in [0.25, 0.3) is 11.0 Å². The highest BCUT2D eigenvalue weighted by Gasteiger charge is 2.26. The fourth-order valence-corrected chi connectivity index (χ4v) is 3.27. The van der Waals surface area contributed by atoms with Crippen LogP contribution in [0.5, 0.6) is 11.5 Å². The molecule has 0 atom stereocenters. The first-order chi connectivity index (χ1) is 16.8. The summed E-state index contributed by atoms with van der Waals surface area (Å²) in [6.07, 6.45) is 2.43. The summed E-state index contributed by atoms with van der Waals surface area (Å²) in [6, 6.07) is 3.39. The molecule has 0 radical (unpaired) electrons. The Bertz CT molecular complexity index is 1310. The molecule has 0 aliphatic carbocycles. The molecule has 10 heteroatoms. The lowest BCUT2D eigenvalue weighted by molar-refractivity contribution is -0.123. The van der Waals surface area contributed by atoms with Crippen molar-refractivity contribution in [3.8, 4) is 11.5 Å². The molecule has 1 aromatic carbocycles. The fourth-order valence-electron chi connectivity index (χ4n) is 3.27. The van der Waals surface area contributed by atoms with Gasteiger partial charge in [0.15, 0.2) is 23.4 Å². The number of furan rings is 1. The van der Waals surface area contributed by atoms with Gasteiger partial charge in [-0.3, -0.25) is 19.7 Å². The Morgan fingerprint density at radius 2 is 1.61 bits per heavy atom. The van der Waals surface area contributed by atoms with E-state index in [2.05, 4.69) is 20.6 Å². The van der Waals surface area contributed by atoms with E-state index in [-0.39, 0.29) is 35.8 Å². The largest absolute Gasteiger partial charge is 0.493 e. The van der Waals surface area contributed by atoms with Crippen LogP contribution in [0.15, 0.2) is 22.7 Å². The average Bonchev–Trinajstić information content (AvgIpc) is 3.23. The second-order valence-electron chi connectivity index (χ2n) is 10.4. The van der Waals surface area contributed by atoms with Gasteiger partial charge in [0.1, 0.15) is 5.82 Å². The minimum Gasteiger partial charge on any atom is -0.493 e. The zero-order valence-electron chi connectivity index (χ0n) is 21.9. The standard InChI is InChI=1S/C26H32N4O6/c1-25(2,3)22(32)28-21-15(12-27-24(29-21)30-23(33)26(4,5)6)9-14-10-18(34-7)20(35-8)19-17(14)11-16(13-31)36-19/h10-13H,9H2,1-8H3,(H2,27,28,29,30,32,33). The molecule has 0 unspecified atom stereocenters. The normalized spacial score (nSPS) is 11.8. The van der Waals surface area contributed by atoms with Crippen molar-refractivity contribution in [2.45, 2.75) is 48.0 Å². The highest BCUT2D eigenvalue weighted by Crippen LogP contribution is 2.40. The molecule has 0 aliphatic rings. The summed E-state index contributed by atoms with van der Waals surface area (Å²) in [6.45, 7) is 10.7. The Labute approximate surface area is 209 Å². The molecule has 2 heterocycles. The van der Waals surface area contributed by atoms with Crippen molar-refractivity contribution in [2.24, 2.45) is 10.8 Å². The molecule has 2 N–H and O–H groups in total. The van der Waals surface area contributed by atoms with Crippen LogP contribution in [-0.2, 0) is 16.0 Å². The van der Waals surface area contributed by atoms with Crippen LogP contribution in [0, 0.1) is 10.8 Å². The van der Waals surface area contributed by atoms with Crippen molar-refractivity contribution in [1.82, 2.24) is 9.97 Å². The number of carbonyl (C=O) groups excluding carboxylic acids is 3. The molecule has 0 aliphatic heterocycles. The van der Waals surface area contributed by atoms with Crippen molar-refractivity contribution in [2.75, 3.05) is 24.9 Å². The van der Waals surface area contributed by atoms with E-state index >= 15 is 0 Å². The average molecular weight is 497 g/mol. The lowest BCUT2D eigenvalue weighted by atomic mass is 9.95. The predicted octanol–water partition coefficient (Wildman–Crippen LogP) is 4.61. The molecule has 0 fully saturated rings. The van der Waals surface area contributed by atoms with Crippen LogP contribution in [0.3, 0.4) is 0 Å². The highest BCUT2D eigenvalue weighted by atomic mass is 16.5. The molecule has 0 spiro atoms. The zero-order valence-corrected chi connectivity index (χ0v) is 21.9. The lowest BCUT2D eigenvalue weighted by Gasteiger charge is -2.20. The first-order valence-corrected chi connectivity index (χ1v) is 11.4. The third-order valence-electron chi connectivity index (χ3n) is 5.44. The third kappa shape index (κ3) is 5.64. The maximum atomic E-state index is 12.8. The fraction of sp³-hybridized carbons (Fsp3) is 0.423. The van der Waals surface area contributed by atoms with E-state index in [9.17, 15) is 14.4 Å². The van der Waals surface area contributed by atoms with Crippen molar-refractivity contribution in [3.05, 3.63) is 35.2 Å². The molecule has 36 heavy (non-hydrogen) atoms. The van der Waals surface area contributed by atoms with Crippen LogP contribution < -0.4 is 20.1 Å². The molecule has 0 saturated heterocycles. The number of aromatic nitrogens is 2. The number of fused-ring (bicyclic) bond motifs is 1. The maximum absolute atomic E-state index is 12.8. The van der Waals surface area contributed by atoms with Crippen LogP contribution in [0.1, 0.15) is 63.2 Å². The summed E-state index contributed by atoms with van der Waals surface area (Å²) in [5, 5.41) is 6.20. The van der Waals surface area contributed by atoms with Gasteiger partial charge in [0.2, 0.25) is 23.5 Å². The number of carbonyl (C=O) groups is 3. The quantitative estimate of drug-likeness (QED) is 0.453. The summed E-state index contributed by atoms with van der Waals surface area (Å²) in [7, 11) is 2.99. The SMILES string of the molecule is COc1cc(Cc2cnc(NC(=O)C(C)(C)C)nc2NC(=O)C(C)(C)C)c2cc(C=O)oc2c1OC. The van der Waals surface area contributed by atoms with Crippen LogP contribution in [-0.4, -0.2) is 42.3 Å². The van der Waals surface area contributed by atoms with Gasteiger partial charge in [-0.05, 0) is 17.7 Å². The first kappa shape index (κ1) is 26.7. The number of anilines is 2. The molecule has 2 aromatic heterocycles. The van der Waals surface area contributed by atoms with Crippen LogP contribution in [0.2, 0.25) is 0 Å². The number of hydrogen-bond acceptors (Lipinski definition) is 8. The van der Waals surface area contributed by atoms with Crippen LogP contribution >= 0.6 is 0 Å². The number of rotatable bonds is 7. The van der Waals surface area contributed by atoms with Gasteiger partial charge in [-0.1, -0.05) is 41.5 Å². The molecule has 3 aromatic rings. The first-order valence-electron chi connectivity index (χ1n) is 11.4. The molecular weight excluding hydrogens is 464 g/mol. The summed E-state index contributed by atoms with van der Waals surface area (Å²) in [4.78, 5) is 45.4. The number of benzene rings is 1. The van der Waals surface area contributed by atoms with Gasteiger partial charge in [0.25, 0.3) is 0 Å². The molecule has 10 nitrogen and oxygen atoms in total. The second-order valence-corrected chi connectivity index (χ2v) is 10.4. The molecule has 0 bridgehead atoms. The number of methoxy groups -OCH3 is 2. The zero-order chi connectivity index (χ0) is 26.8. The lowest BCUT2D eigenvalue weighted by Crippen LogP contribution is -2.30. The Kier molecular flexibility index (Phi) is 7.38. The molecule has 192 valence electrons. The Balaban J connectivity index is 2.12. The number of aldehydes is 1. The highest BCUT2D eigenvalue weighted by molar-refractivity contribution is 5.96. The van der Waals surface area contributed by atoms with Gasteiger partial charge in [0, 0.05) is 34.4 Å². The van der Waals surface area contributed by atoms with Gasteiger partial charge >= 0.3 is 0 Å². The van der Waals surface area contributed by atoms with Crippen molar-refractivity contribution in [1.29, 1.82) is 0 Å². The van der Waals surface area contributed by atoms with Gasteiger partial charge < -0.3 is 19.2 Å². The smallest absolute Gasteiger partial charge is 0.232 e. The van der Waals surface area contributed by atoms with Crippen molar-refractivity contribution >= 4 is 40.8 Å². The second kappa shape index (κ2) is 9.96. The van der Waals surface area contributed by atoms with Crippen molar-refractivity contribution < 1.29 is 28.3 Å². The third-order valence-corrected chi connectivity index (χ3v) is 5.44. The summed E-state index contributed by atoms with van der Waals surface area (Å²) < 4.78 is 16.6. The summed E-state index contributed by atoms with van der Waals surface area (Å²) >= 11 is 0. The number of nitrogens with zero attached hydrogens (tertiary/aromatic N) is 2. The topological polar surface area (TPSA) is 133 Å². The van der Waals surface area contributed by atoms with E-state index in [1.165, 1.54) is 14.2 Å². The molecule has 2 amide bonds. The van der Waals surface area contributed by atoms with Crippen molar-refractivity contribution in [3.63, 3.8) is 0 Å². The molecular formula is C26H32N4O6. The van der Waals surface area contributed by atoms with E-state index in [0.29, 0.717) is 34.3 Å². The van der Waals surface area contributed by atoms with Gasteiger partial charge in [0.05, 0.1) is 14.2 Å².